The standard InChI is InChI=1S/C26H25ClN6O3/c1-36-24(34)17-31-11-13-32(14-12-31)23-8-3-2-7-21(23)30-26(35)22-9-10-33-25(29-22)20(16-28-33)18-5-4-6-19(27)15-18/h2-10,15-16H,11-14,17H2,1H3,(H,30,35). The highest BCUT2D eigenvalue weighted by Gasteiger charge is 2.22. The van der Waals surface area contributed by atoms with Crippen molar-refractivity contribution >= 4 is 40.5 Å². The van der Waals surface area contributed by atoms with Crippen LogP contribution in [0, 0.1) is 0 Å². The predicted octanol–water partition coefficient (Wildman–Crippen LogP) is 3.60. The van der Waals surface area contributed by atoms with E-state index in [0.29, 0.717) is 16.4 Å². The molecule has 9 nitrogen and oxygen atoms in total. The Kier molecular flexibility index (Phi) is 6.84. The number of nitrogens with zero attached hydrogens (tertiary/aromatic N) is 5. The normalized spacial score (nSPS) is 14.1. The van der Waals surface area contributed by atoms with Gasteiger partial charge in [-0.15, -0.1) is 0 Å². The Labute approximate surface area is 213 Å². The number of carbonyl (C=O) groups excluding carboxylic acids is 2. The Hall–Kier alpha value is -3.95. The van der Waals surface area contributed by atoms with E-state index in [4.69, 9.17) is 16.3 Å². The lowest BCUT2D eigenvalue weighted by Crippen LogP contribution is -2.48. The summed E-state index contributed by atoms with van der Waals surface area (Å²) in [5.41, 5.74) is 4.14. The number of benzene rings is 2. The number of methoxy groups -OCH3 is 1. The van der Waals surface area contributed by atoms with E-state index in [0.717, 1.165) is 43.0 Å². The second-order valence-electron chi connectivity index (χ2n) is 8.46. The molecule has 36 heavy (non-hydrogen) atoms. The maximum absolute atomic E-state index is 13.2. The number of fused-ring (bicyclic) bond motifs is 1. The van der Waals surface area contributed by atoms with Gasteiger partial charge in [-0.1, -0.05) is 35.9 Å². The molecule has 4 aromatic rings. The van der Waals surface area contributed by atoms with Crippen molar-refractivity contribution in [1.82, 2.24) is 19.5 Å². The van der Waals surface area contributed by atoms with Crippen molar-refractivity contribution in [1.29, 1.82) is 0 Å². The fraction of sp³-hybridized carbons (Fsp3) is 0.231. The van der Waals surface area contributed by atoms with Crippen molar-refractivity contribution in [3.63, 3.8) is 0 Å². The minimum atomic E-state index is -0.312. The van der Waals surface area contributed by atoms with Crippen LogP contribution in [0.5, 0.6) is 0 Å². The molecule has 1 amide bonds. The summed E-state index contributed by atoms with van der Waals surface area (Å²) in [6, 6.07) is 16.8. The van der Waals surface area contributed by atoms with Crippen LogP contribution in [0.2, 0.25) is 5.02 Å². The SMILES string of the molecule is COC(=O)CN1CCN(c2ccccc2NC(=O)c2ccn3ncc(-c4cccc(Cl)c4)c3n2)CC1. The Bertz CT molecular complexity index is 1410. The Balaban J connectivity index is 1.34. The lowest BCUT2D eigenvalue weighted by Gasteiger charge is -2.36. The third-order valence-corrected chi connectivity index (χ3v) is 6.42. The van der Waals surface area contributed by atoms with E-state index in [1.165, 1.54) is 7.11 Å². The molecule has 0 atom stereocenters. The molecule has 1 N–H and O–H groups in total. The van der Waals surface area contributed by atoms with E-state index < -0.39 is 0 Å². The van der Waals surface area contributed by atoms with Gasteiger partial charge >= 0.3 is 5.97 Å². The number of esters is 1. The molecular weight excluding hydrogens is 480 g/mol. The van der Waals surface area contributed by atoms with Crippen LogP contribution in [-0.2, 0) is 9.53 Å². The van der Waals surface area contributed by atoms with E-state index in [-0.39, 0.29) is 24.1 Å². The van der Waals surface area contributed by atoms with Gasteiger partial charge in [-0.3, -0.25) is 14.5 Å². The van der Waals surface area contributed by atoms with Crippen molar-refractivity contribution in [2.45, 2.75) is 0 Å². The first-order chi connectivity index (χ1) is 17.5. The number of ether oxygens (including phenoxy) is 1. The van der Waals surface area contributed by atoms with Gasteiger partial charge in [0.2, 0.25) is 0 Å². The van der Waals surface area contributed by atoms with Crippen molar-refractivity contribution in [2.75, 3.05) is 50.1 Å². The molecule has 1 saturated heterocycles. The maximum Gasteiger partial charge on any atom is 0.319 e. The fourth-order valence-corrected chi connectivity index (χ4v) is 4.48. The lowest BCUT2D eigenvalue weighted by atomic mass is 10.1. The van der Waals surface area contributed by atoms with Gasteiger partial charge in [0.15, 0.2) is 5.65 Å². The summed E-state index contributed by atoms with van der Waals surface area (Å²) >= 11 is 6.16. The van der Waals surface area contributed by atoms with Crippen LogP contribution in [0.15, 0.2) is 67.0 Å². The van der Waals surface area contributed by atoms with E-state index in [2.05, 4.69) is 25.2 Å². The minimum absolute atomic E-state index is 0.239. The third kappa shape index (κ3) is 5.02. The summed E-state index contributed by atoms with van der Waals surface area (Å²) in [5, 5.41) is 7.99. The third-order valence-electron chi connectivity index (χ3n) is 6.18. The molecule has 2 aromatic carbocycles. The number of rotatable bonds is 6. The van der Waals surface area contributed by atoms with E-state index >= 15 is 0 Å². The monoisotopic (exact) mass is 504 g/mol. The maximum atomic E-state index is 13.2. The number of anilines is 2. The first kappa shape index (κ1) is 23.8. The molecule has 1 aliphatic heterocycles. The minimum Gasteiger partial charge on any atom is -0.468 e. The molecule has 0 bridgehead atoms. The number of halogens is 1. The molecule has 5 rings (SSSR count). The predicted molar refractivity (Wildman–Crippen MR) is 138 cm³/mol. The zero-order valence-electron chi connectivity index (χ0n) is 19.7. The molecule has 0 saturated carbocycles. The van der Waals surface area contributed by atoms with Crippen LogP contribution >= 0.6 is 11.6 Å². The summed E-state index contributed by atoms with van der Waals surface area (Å²) < 4.78 is 6.40. The first-order valence-electron chi connectivity index (χ1n) is 11.6. The highest BCUT2D eigenvalue weighted by atomic mass is 35.5. The number of nitrogens with one attached hydrogen (secondary N) is 1. The van der Waals surface area contributed by atoms with Crippen LogP contribution < -0.4 is 10.2 Å². The molecule has 0 aliphatic carbocycles. The summed E-state index contributed by atoms with van der Waals surface area (Å²) in [4.78, 5) is 33.7. The second kappa shape index (κ2) is 10.3. The van der Waals surface area contributed by atoms with Gasteiger partial charge in [-0.2, -0.15) is 5.10 Å². The zero-order valence-corrected chi connectivity index (χ0v) is 20.5. The quantitative estimate of drug-likeness (QED) is 0.401. The number of hydrogen-bond donors (Lipinski definition) is 1. The molecular formula is C26H25ClN6O3. The zero-order chi connectivity index (χ0) is 25.1. The van der Waals surface area contributed by atoms with E-state index in [1.54, 1.807) is 29.0 Å². The Morgan fingerprint density at radius 2 is 1.86 bits per heavy atom. The van der Waals surface area contributed by atoms with Crippen molar-refractivity contribution in [3.8, 4) is 11.1 Å². The topological polar surface area (TPSA) is 92.1 Å². The van der Waals surface area contributed by atoms with Gasteiger partial charge in [0, 0.05) is 43.0 Å². The number of amides is 1. The molecule has 3 heterocycles. The van der Waals surface area contributed by atoms with E-state index in [1.807, 2.05) is 42.5 Å². The van der Waals surface area contributed by atoms with Crippen LogP contribution in [-0.4, -0.2) is 71.2 Å². The number of hydrogen-bond acceptors (Lipinski definition) is 7. The molecule has 2 aromatic heterocycles. The van der Waals surface area contributed by atoms with E-state index in [9.17, 15) is 9.59 Å². The lowest BCUT2D eigenvalue weighted by molar-refractivity contribution is -0.142. The summed E-state index contributed by atoms with van der Waals surface area (Å²) in [6.07, 6.45) is 3.43. The second-order valence-corrected chi connectivity index (χ2v) is 8.90. The Morgan fingerprint density at radius 3 is 2.64 bits per heavy atom. The first-order valence-corrected chi connectivity index (χ1v) is 11.9. The van der Waals surface area contributed by atoms with Crippen LogP contribution in [0.1, 0.15) is 10.5 Å². The van der Waals surface area contributed by atoms with Gasteiger partial charge in [-0.05, 0) is 35.9 Å². The van der Waals surface area contributed by atoms with Gasteiger partial charge in [0.1, 0.15) is 5.69 Å². The molecule has 0 radical (unpaired) electrons. The van der Waals surface area contributed by atoms with Crippen molar-refractivity contribution < 1.29 is 14.3 Å². The highest BCUT2D eigenvalue weighted by Crippen LogP contribution is 2.28. The van der Waals surface area contributed by atoms with Crippen molar-refractivity contribution in [3.05, 3.63) is 77.7 Å². The number of carbonyl (C=O) groups is 2. The summed E-state index contributed by atoms with van der Waals surface area (Å²) in [5.74, 6) is -0.551. The summed E-state index contributed by atoms with van der Waals surface area (Å²) in [7, 11) is 1.40. The van der Waals surface area contributed by atoms with Gasteiger partial charge in [-0.25, -0.2) is 9.50 Å². The fourth-order valence-electron chi connectivity index (χ4n) is 4.29. The average molecular weight is 505 g/mol. The van der Waals surface area contributed by atoms with Gasteiger partial charge in [0.25, 0.3) is 5.91 Å². The van der Waals surface area contributed by atoms with Crippen molar-refractivity contribution in [2.24, 2.45) is 0 Å². The molecule has 0 unspecified atom stereocenters. The van der Waals surface area contributed by atoms with Crippen LogP contribution in [0.3, 0.4) is 0 Å². The number of piperazine rings is 1. The molecule has 1 fully saturated rings. The summed E-state index contributed by atoms with van der Waals surface area (Å²) in [6.45, 7) is 3.19. The molecule has 1 aliphatic rings. The average Bonchev–Trinajstić information content (AvgIpc) is 3.33. The molecule has 10 heteroatoms. The molecule has 0 spiro atoms. The van der Waals surface area contributed by atoms with Crippen LogP contribution in [0.25, 0.3) is 16.8 Å². The van der Waals surface area contributed by atoms with Crippen LogP contribution in [0.4, 0.5) is 11.4 Å². The largest absolute Gasteiger partial charge is 0.468 e. The van der Waals surface area contributed by atoms with Gasteiger partial charge in [0.05, 0.1) is 31.2 Å². The smallest absolute Gasteiger partial charge is 0.319 e. The highest BCUT2D eigenvalue weighted by molar-refractivity contribution is 6.30. The molecule has 184 valence electrons. The van der Waals surface area contributed by atoms with Gasteiger partial charge < -0.3 is 15.0 Å². The number of aromatic nitrogens is 3. The number of para-hydroxylation sites is 2. The Morgan fingerprint density at radius 1 is 1.06 bits per heavy atom.